The molecule has 0 aromatic carbocycles. The first kappa shape index (κ1) is 41.4. The largest absolute Gasteiger partial charge is 0.297 e. The molecule has 0 saturated heterocycles. The minimum Gasteiger partial charge on any atom is -0.297 e. The number of nitrogens with zero attached hydrogens (tertiary/aromatic N) is 3. The standard InChI is InChI=1S/C37H69N3O3/c1-26(2)32(41)35(13,38(15)29(7)8)22-18-20-24-37(34(43)28(5)6,40(17)31(11)12)25-21-19-23-36(14,33(42)27(3)4)39(16)30(9)10/h18-21,26-31H,22-25H2,1-17H3/b20-18-,21-19-. The van der Waals surface area contributed by atoms with Gasteiger partial charge in [0, 0.05) is 35.9 Å². The first-order valence-corrected chi connectivity index (χ1v) is 16.7. The van der Waals surface area contributed by atoms with Gasteiger partial charge in [-0.05, 0) is 102 Å². The van der Waals surface area contributed by atoms with E-state index < -0.39 is 16.6 Å². The van der Waals surface area contributed by atoms with Crippen molar-refractivity contribution in [3.63, 3.8) is 0 Å². The topological polar surface area (TPSA) is 60.9 Å². The summed E-state index contributed by atoms with van der Waals surface area (Å²) in [6.45, 7) is 28.6. The maximum atomic E-state index is 14.0. The van der Waals surface area contributed by atoms with Crippen LogP contribution in [0, 0.1) is 17.8 Å². The second-order valence-corrected chi connectivity index (χ2v) is 15.0. The molecule has 6 heteroatoms. The molecule has 0 saturated carbocycles. The Kier molecular flexibility index (Phi) is 16.5. The molecule has 0 aromatic rings. The Labute approximate surface area is 266 Å². The highest BCUT2D eigenvalue weighted by molar-refractivity contribution is 5.91. The first-order valence-electron chi connectivity index (χ1n) is 16.7. The van der Waals surface area contributed by atoms with E-state index in [9.17, 15) is 14.4 Å². The van der Waals surface area contributed by atoms with Gasteiger partial charge in [0.1, 0.15) is 0 Å². The summed E-state index contributed by atoms with van der Waals surface area (Å²) in [7, 11) is 6.10. The normalized spacial score (nSPS) is 17.5. The Morgan fingerprint density at radius 2 is 0.721 bits per heavy atom. The van der Waals surface area contributed by atoms with Crippen molar-refractivity contribution in [2.24, 2.45) is 17.8 Å². The van der Waals surface area contributed by atoms with E-state index in [1.807, 2.05) is 76.5 Å². The third-order valence-electron chi connectivity index (χ3n) is 9.92. The highest BCUT2D eigenvalue weighted by Gasteiger charge is 2.43. The van der Waals surface area contributed by atoms with E-state index in [4.69, 9.17) is 0 Å². The second kappa shape index (κ2) is 17.2. The number of rotatable bonds is 20. The van der Waals surface area contributed by atoms with Crippen LogP contribution in [0.2, 0.25) is 0 Å². The number of Topliss-reactive ketones (excluding diaryl/α,β-unsaturated/α-hetero) is 3. The highest BCUT2D eigenvalue weighted by Crippen LogP contribution is 2.33. The molecule has 0 N–H and O–H groups in total. The van der Waals surface area contributed by atoms with E-state index in [-0.39, 0.29) is 53.2 Å². The minimum absolute atomic E-state index is 0.0681. The molecule has 0 aromatic heterocycles. The molecule has 2 unspecified atom stereocenters. The maximum absolute atomic E-state index is 14.0. The third kappa shape index (κ3) is 10.2. The van der Waals surface area contributed by atoms with E-state index in [1.54, 1.807) is 0 Å². The molecule has 250 valence electrons. The molecule has 0 spiro atoms. The van der Waals surface area contributed by atoms with Gasteiger partial charge in [0.05, 0.1) is 16.6 Å². The van der Waals surface area contributed by atoms with Crippen LogP contribution in [-0.2, 0) is 14.4 Å². The van der Waals surface area contributed by atoms with Crippen molar-refractivity contribution in [1.29, 1.82) is 0 Å². The number of likely N-dealkylation sites (N-methyl/N-ethyl adjacent to an activating group) is 3. The van der Waals surface area contributed by atoms with E-state index in [0.717, 1.165) is 0 Å². The number of carbonyl (C=O) groups is 3. The fourth-order valence-electron chi connectivity index (χ4n) is 6.18. The van der Waals surface area contributed by atoms with E-state index in [1.165, 1.54) is 0 Å². The lowest BCUT2D eigenvalue weighted by Gasteiger charge is -2.44. The zero-order chi connectivity index (χ0) is 34.1. The number of ketones is 3. The summed E-state index contributed by atoms with van der Waals surface area (Å²) in [6.07, 6.45) is 10.7. The molecule has 0 amide bonds. The van der Waals surface area contributed by atoms with Crippen molar-refractivity contribution in [3.8, 4) is 0 Å². The van der Waals surface area contributed by atoms with E-state index >= 15 is 0 Å². The van der Waals surface area contributed by atoms with Crippen LogP contribution in [0.4, 0.5) is 0 Å². The zero-order valence-corrected chi connectivity index (χ0v) is 31.2. The summed E-state index contributed by atoms with van der Waals surface area (Å²) in [5.41, 5.74) is -1.98. The summed E-state index contributed by atoms with van der Waals surface area (Å²) in [4.78, 5) is 47.3. The Balaban J connectivity index is 6.55. The van der Waals surface area contributed by atoms with Gasteiger partial charge in [-0.25, -0.2) is 0 Å². The predicted molar refractivity (Wildman–Crippen MR) is 185 cm³/mol. The van der Waals surface area contributed by atoms with Crippen molar-refractivity contribution in [2.45, 2.75) is 157 Å². The van der Waals surface area contributed by atoms with Crippen molar-refractivity contribution in [1.82, 2.24) is 14.7 Å². The van der Waals surface area contributed by atoms with Gasteiger partial charge in [0.15, 0.2) is 17.3 Å². The lowest BCUT2D eigenvalue weighted by atomic mass is 9.78. The van der Waals surface area contributed by atoms with Gasteiger partial charge in [-0.2, -0.15) is 0 Å². The van der Waals surface area contributed by atoms with Gasteiger partial charge in [-0.15, -0.1) is 0 Å². The highest BCUT2D eigenvalue weighted by atomic mass is 16.1. The summed E-state index contributed by atoms with van der Waals surface area (Å²) >= 11 is 0. The summed E-state index contributed by atoms with van der Waals surface area (Å²) in [5, 5.41) is 0. The Hall–Kier alpha value is -1.63. The molecule has 0 aliphatic carbocycles. The van der Waals surface area contributed by atoms with Crippen LogP contribution >= 0.6 is 0 Å². The summed E-state index contributed by atoms with van der Waals surface area (Å²) in [6, 6.07) is 0.607. The fraction of sp³-hybridized carbons (Fsp3) is 0.811. The SMILES string of the molecule is CC(C)C(=O)C(C)(C/C=C\CC(C/C=C\CC(C)(C(=O)C(C)C)N(C)C(C)C)(C(=O)C(C)C)N(C)C(C)C)N(C)C(C)C. The molecule has 0 aliphatic heterocycles. The molecule has 0 bridgehead atoms. The van der Waals surface area contributed by atoms with Crippen molar-refractivity contribution in [3.05, 3.63) is 24.3 Å². The average molecular weight is 604 g/mol. The molecule has 43 heavy (non-hydrogen) atoms. The number of hydrogen-bond acceptors (Lipinski definition) is 6. The van der Waals surface area contributed by atoms with Crippen LogP contribution in [0.3, 0.4) is 0 Å². The summed E-state index contributed by atoms with van der Waals surface area (Å²) < 4.78 is 0. The van der Waals surface area contributed by atoms with Gasteiger partial charge in [-0.1, -0.05) is 65.8 Å². The van der Waals surface area contributed by atoms with Gasteiger partial charge < -0.3 is 0 Å². The molecule has 0 radical (unpaired) electrons. The van der Waals surface area contributed by atoms with Gasteiger partial charge in [0.25, 0.3) is 0 Å². The fourth-order valence-corrected chi connectivity index (χ4v) is 6.18. The van der Waals surface area contributed by atoms with E-state index in [2.05, 4.69) is 80.5 Å². The van der Waals surface area contributed by atoms with Crippen molar-refractivity contribution < 1.29 is 14.4 Å². The Morgan fingerprint density at radius 1 is 0.465 bits per heavy atom. The number of carbonyl (C=O) groups excluding carboxylic acids is 3. The molecule has 6 nitrogen and oxygen atoms in total. The molecule has 0 heterocycles. The first-order chi connectivity index (χ1) is 19.5. The zero-order valence-electron chi connectivity index (χ0n) is 31.2. The smallest absolute Gasteiger partial charge is 0.156 e. The molecule has 0 aliphatic rings. The van der Waals surface area contributed by atoms with E-state index in [0.29, 0.717) is 25.7 Å². The van der Waals surface area contributed by atoms with Gasteiger partial charge in [-0.3, -0.25) is 29.1 Å². The van der Waals surface area contributed by atoms with Crippen LogP contribution in [0.15, 0.2) is 24.3 Å². The lowest BCUT2D eigenvalue weighted by molar-refractivity contribution is -0.135. The maximum Gasteiger partial charge on any atom is 0.156 e. The molecule has 0 rings (SSSR count). The monoisotopic (exact) mass is 604 g/mol. The minimum atomic E-state index is -0.736. The van der Waals surface area contributed by atoms with Gasteiger partial charge >= 0.3 is 0 Å². The summed E-state index contributed by atoms with van der Waals surface area (Å²) in [5.74, 6) is 0.389. The van der Waals surface area contributed by atoms with Crippen LogP contribution < -0.4 is 0 Å². The van der Waals surface area contributed by atoms with Crippen molar-refractivity contribution >= 4 is 17.3 Å². The van der Waals surface area contributed by atoms with Crippen LogP contribution in [0.1, 0.15) is 123 Å². The van der Waals surface area contributed by atoms with Crippen molar-refractivity contribution in [2.75, 3.05) is 21.1 Å². The van der Waals surface area contributed by atoms with Crippen LogP contribution in [0.5, 0.6) is 0 Å². The lowest BCUT2D eigenvalue weighted by Crippen LogP contribution is -2.56. The molecule has 0 fully saturated rings. The Morgan fingerprint density at radius 3 is 0.953 bits per heavy atom. The second-order valence-electron chi connectivity index (χ2n) is 15.0. The molecular weight excluding hydrogens is 534 g/mol. The molecular formula is C37H69N3O3. The quantitative estimate of drug-likeness (QED) is 0.134. The van der Waals surface area contributed by atoms with Crippen LogP contribution in [0.25, 0.3) is 0 Å². The molecule has 2 atom stereocenters. The number of hydrogen-bond donors (Lipinski definition) is 0. The van der Waals surface area contributed by atoms with Crippen LogP contribution in [-0.4, -0.2) is 87.9 Å². The van der Waals surface area contributed by atoms with Gasteiger partial charge in [0.2, 0.25) is 0 Å². The third-order valence-corrected chi connectivity index (χ3v) is 9.92. The average Bonchev–Trinajstić information content (AvgIpc) is 2.92. The predicted octanol–water partition coefficient (Wildman–Crippen LogP) is 7.61. The Bertz CT molecular complexity index is 904.